The van der Waals surface area contributed by atoms with E-state index in [1.807, 2.05) is 23.9 Å². The van der Waals surface area contributed by atoms with Crippen molar-refractivity contribution in [1.82, 2.24) is 5.32 Å². The molecule has 1 atom stereocenters. The van der Waals surface area contributed by atoms with Crippen molar-refractivity contribution in [3.8, 4) is 0 Å². The number of halogens is 1. The molecule has 3 heteroatoms. The lowest BCUT2D eigenvalue weighted by Crippen LogP contribution is -2.19. The van der Waals surface area contributed by atoms with Gasteiger partial charge >= 0.3 is 0 Å². The van der Waals surface area contributed by atoms with Gasteiger partial charge < -0.3 is 5.32 Å². The van der Waals surface area contributed by atoms with Crippen LogP contribution in [0, 0.1) is 5.82 Å². The minimum Gasteiger partial charge on any atom is -0.310 e. The third kappa shape index (κ3) is 4.99. The van der Waals surface area contributed by atoms with Gasteiger partial charge in [-0.15, -0.1) is 0 Å². The van der Waals surface area contributed by atoms with Crippen LogP contribution in [0.25, 0.3) is 0 Å². The first-order valence-electron chi connectivity index (χ1n) is 5.72. The topological polar surface area (TPSA) is 12.0 Å². The molecule has 0 heterocycles. The highest BCUT2D eigenvalue weighted by atomic mass is 32.2. The maximum Gasteiger partial charge on any atom is 0.123 e. The predicted octanol–water partition coefficient (Wildman–Crippen LogP) is 3.62. The van der Waals surface area contributed by atoms with Gasteiger partial charge in [-0.05, 0) is 56.0 Å². The van der Waals surface area contributed by atoms with Gasteiger partial charge in [0.05, 0.1) is 0 Å². The molecule has 1 aromatic rings. The van der Waals surface area contributed by atoms with Crippen molar-refractivity contribution in [1.29, 1.82) is 0 Å². The molecule has 0 aliphatic rings. The van der Waals surface area contributed by atoms with Gasteiger partial charge in [0.15, 0.2) is 0 Å². The van der Waals surface area contributed by atoms with Crippen LogP contribution in [0.15, 0.2) is 24.3 Å². The highest BCUT2D eigenvalue weighted by molar-refractivity contribution is 7.98. The van der Waals surface area contributed by atoms with Crippen LogP contribution in [0.2, 0.25) is 0 Å². The fraction of sp³-hybridized carbons (Fsp3) is 0.538. The molecule has 0 fully saturated rings. The summed E-state index contributed by atoms with van der Waals surface area (Å²) in [5.41, 5.74) is 1.14. The van der Waals surface area contributed by atoms with Gasteiger partial charge in [-0.3, -0.25) is 0 Å². The van der Waals surface area contributed by atoms with E-state index >= 15 is 0 Å². The molecule has 0 saturated heterocycles. The Kier molecular flexibility index (Phi) is 6.50. The molecule has 1 nitrogen and oxygen atoms in total. The summed E-state index contributed by atoms with van der Waals surface area (Å²) in [6, 6.07) is 7.02. The lowest BCUT2D eigenvalue weighted by atomic mass is 10.1. The van der Waals surface area contributed by atoms with E-state index in [0.29, 0.717) is 6.04 Å². The molecule has 0 aromatic heterocycles. The summed E-state index contributed by atoms with van der Waals surface area (Å²) in [5.74, 6) is 1.06. The molecule has 0 amide bonds. The average Bonchev–Trinajstić information content (AvgIpc) is 2.29. The SMILES string of the molecule is CSCCCCN[C@H](C)c1ccc(F)cc1. The van der Waals surface area contributed by atoms with E-state index in [0.717, 1.165) is 12.1 Å². The summed E-state index contributed by atoms with van der Waals surface area (Å²) >= 11 is 1.89. The molecule has 0 radical (unpaired) electrons. The fourth-order valence-electron chi connectivity index (χ4n) is 1.56. The molecular formula is C13H20FNS. The maximum absolute atomic E-state index is 12.7. The lowest BCUT2D eigenvalue weighted by molar-refractivity contribution is 0.553. The van der Waals surface area contributed by atoms with Crippen molar-refractivity contribution in [3.63, 3.8) is 0 Å². The second-order valence-corrected chi connectivity index (χ2v) is 4.91. The second-order valence-electron chi connectivity index (χ2n) is 3.93. The van der Waals surface area contributed by atoms with Crippen LogP contribution < -0.4 is 5.32 Å². The summed E-state index contributed by atoms with van der Waals surface area (Å²) < 4.78 is 12.7. The van der Waals surface area contributed by atoms with Gasteiger partial charge in [0.25, 0.3) is 0 Å². The van der Waals surface area contributed by atoms with Crippen LogP contribution in [-0.2, 0) is 0 Å². The summed E-state index contributed by atoms with van der Waals surface area (Å²) in [4.78, 5) is 0. The van der Waals surface area contributed by atoms with Crippen molar-refractivity contribution >= 4 is 11.8 Å². The number of thioether (sulfide) groups is 1. The lowest BCUT2D eigenvalue weighted by Gasteiger charge is -2.13. The molecule has 1 rings (SSSR count). The maximum atomic E-state index is 12.7. The normalized spacial score (nSPS) is 12.7. The first-order valence-corrected chi connectivity index (χ1v) is 7.11. The summed E-state index contributed by atoms with van der Waals surface area (Å²) in [5, 5.41) is 3.45. The Morgan fingerprint density at radius 2 is 1.94 bits per heavy atom. The Morgan fingerprint density at radius 3 is 2.56 bits per heavy atom. The van der Waals surface area contributed by atoms with Crippen LogP contribution in [0.3, 0.4) is 0 Å². The molecule has 1 N–H and O–H groups in total. The highest BCUT2D eigenvalue weighted by Crippen LogP contribution is 2.12. The van der Waals surface area contributed by atoms with Crippen LogP contribution in [0.4, 0.5) is 4.39 Å². The van der Waals surface area contributed by atoms with Gasteiger partial charge in [-0.1, -0.05) is 12.1 Å². The minimum atomic E-state index is -0.170. The Hall–Kier alpha value is -0.540. The number of unbranched alkanes of at least 4 members (excludes halogenated alkanes) is 1. The second kappa shape index (κ2) is 7.69. The Bertz CT molecular complexity index is 286. The van der Waals surface area contributed by atoms with Crippen LogP contribution in [-0.4, -0.2) is 18.6 Å². The van der Waals surface area contributed by atoms with Crippen LogP contribution in [0.5, 0.6) is 0 Å². The summed E-state index contributed by atoms with van der Waals surface area (Å²) in [7, 11) is 0. The molecular weight excluding hydrogens is 221 g/mol. The number of benzene rings is 1. The Balaban J connectivity index is 2.24. The van der Waals surface area contributed by atoms with E-state index in [9.17, 15) is 4.39 Å². The monoisotopic (exact) mass is 241 g/mol. The van der Waals surface area contributed by atoms with Crippen LogP contribution in [0.1, 0.15) is 31.4 Å². The molecule has 16 heavy (non-hydrogen) atoms. The van der Waals surface area contributed by atoms with E-state index in [1.54, 1.807) is 0 Å². The predicted molar refractivity (Wildman–Crippen MR) is 70.4 cm³/mol. The number of hydrogen-bond acceptors (Lipinski definition) is 2. The van der Waals surface area contributed by atoms with E-state index in [4.69, 9.17) is 0 Å². The first kappa shape index (κ1) is 13.5. The fourth-order valence-corrected chi connectivity index (χ4v) is 2.05. The zero-order valence-electron chi connectivity index (χ0n) is 10.0. The number of hydrogen-bond donors (Lipinski definition) is 1. The van der Waals surface area contributed by atoms with Gasteiger partial charge in [0, 0.05) is 6.04 Å². The average molecular weight is 241 g/mol. The molecule has 0 aliphatic carbocycles. The molecule has 90 valence electrons. The Morgan fingerprint density at radius 1 is 1.25 bits per heavy atom. The van der Waals surface area contributed by atoms with Crippen LogP contribution >= 0.6 is 11.8 Å². The van der Waals surface area contributed by atoms with Gasteiger partial charge in [0.2, 0.25) is 0 Å². The third-order valence-corrected chi connectivity index (χ3v) is 3.29. The summed E-state index contributed by atoms with van der Waals surface area (Å²) in [6.07, 6.45) is 4.59. The van der Waals surface area contributed by atoms with Crippen molar-refractivity contribution < 1.29 is 4.39 Å². The van der Waals surface area contributed by atoms with Crippen molar-refractivity contribution in [2.75, 3.05) is 18.6 Å². The molecule has 0 saturated carbocycles. The molecule has 1 aromatic carbocycles. The zero-order chi connectivity index (χ0) is 11.8. The largest absolute Gasteiger partial charge is 0.310 e. The number of rotatable bonds is 7. The highest BCUT2D eigenvalue weighted by Gasteiger charge is 2.03. The van der Waals surface area contributed by atoms with E-state index < -0.39 is 0 Å². The van der Waals surface area contributed by atoms with Gasteiger partial charge in [-0.25, -0.2) is 4.39 Å². The molecule has 0 aliphatic heterocycles. The molecule has 0 spiro atoms. The number of nitrogens with one attached hydrogen (secondary N) is 1. The van der Waals surface area contributed by atoms with Crippen molar-refractivity contribution in [2.24, 2.45) is 0 Å². The minimum absolute atomic E-state index is 0.170. The third-order valence-electron chi connectivity index (χ3n) is 2.60. The van der Waals surface area contributed by atoms with Crippen molar-refractivity contribution in [3.05, 3.63) is 35.6 Å². The Labute approximate surface area is 102 Å². The molecule has 0 bridgehead atoms. The smallest absolute Gasteiger partial charge is 0.123 e. The van der Waals surface area contributed by atoms with Crippen molar-refractivity contribution in [2.45, 2.75) is 25.8 Å². The van der Waals surface area contributed by atoms with Gasteiger partial charge in [0.1, 0.15) is 5.82 Å². The quantitative estimate of drug-likeness (QED) is 0.732. The van der Waals surface area contributed by atoms with E-state index in [2.05, 4.69) is 18.5 Å². The summed E-state index contributed by atoms with van der Waals surface area (Å²) in [6.45, 7) is 3.14. The zero-order valence-corrected chi connectivity index (χ0v) is 10.8. The van der Waals surface area contributed by atoms with Gasteiger partial charge in [-0.2, -0.15) is 11.8 Å². The molecule has 0 unspecified atom stereocenters. The first-order chi connectivity index (χ1) is 7.74. The van der Waals surface area contributed by atoms with E-state index in [1.165, 1.54) is 30.7 Å². The van der Waals surface area contributed by atoms with E-state index in [-0.39, 0.29) is 5.82 Å². The standard InChI is InChI=1S/C13H20FNS/c1-11(15-9-3-4-10-16-2)12-5-7-13(14)8-6-12/h5-8,11,15H,3-4,9-10H2,1-2H3/t11-/m1/s1.